The molecule has 1 unspecified atom stereocenters. The molecule has 0 bridgehead atoms. The standard InChI is InChI=1S/C11H13ClN2O2/c1-4-8(3)16-11-6-9(12)13-10(14-11)7-15-5-2/h1,6,8H,5,7H2,2-3H3. The van der Waals surface area contributed by atoms with Crippen molar-refractivity contribution in [2.45, 2.75) is 26.6 Å². The number of aromatic nitrogens is 2. The zero-order valence-corrected chi connectivity index (χ0v) is 9.99. The number of hydrogen-bond donors (Lipinski definition) is 0. The van der Waals surface area contributed by atoms with Gasteiger partial charge in [0.2, 0.25) is 5.88 Å². The van der Waals surface area contributed by atoms with E-state index in [1.54, 1.807) is 6.92 Å². The molecule has 0 fully saturated rings. The van der Waals surface area contributed by atoms with Crippen molar-refractivity contribution in [3.63, 3.8) is 0 Å². The van der Waals surface area contributed by atoms with Gasteiger partial charge in [-0.05, 0) is 13.8 Å². The molecule has 0 radical (unpaired) electrons. The highest BCUT2D eigenvalue weighted by Gasteiger charge is 2.06. The van der Waals surface area contributed by atoms with E-state index in [4.69, 9.17) is 27.5 Å². The van der Waals surface area contributed by atoms with Crippen molar-refractivity contribution in [3.05, 3.63) is 17.0 Å². The molecule has 0 amide bonds. The van der Waals surface area contributed by atoms with Crippen molar-refractivity contribution < 1.29 is 9.47 Å². The van der Waals surface area contributed by atoms with Crippen LogP contribution in [0.4, 0.5) is 0 Å². The Hall–Kier alpha value is -1.31. The van der Waals surface area contributed by atoms with E-state index in [1.807, 2.05) is 6.92 Å². The minimum absolute atomic E-state index is 0.303. The first-order chi connectivity index (χ1) is 7.65. The average molecular weight is 241 g/mol. The second-order valence-corrected chi connectivity index (χ2v) is 3.40. The summed E-state index contributed by atoms with van der Waals surface area (Å²) in [5, 5.41) is 0.309. The molecule has 0 saturated heterocycles. The molecule has 0 aromatic carbocycles. The normalized spacial score (nSPS) is 11.9. The molecule has 86 valence electrons. The Bertz CT molecular complexity index is 390. The van der Waals surface area contributed by atoms with Crippen molar-refractivity contribution in [1.82, 2.24) is 9.97 Å². The van der Waals surface area contributed by atoms with Gasteiger partial charge in [-0.3, -0.25) is 0 Å². The van der Waals surface area contributed by atoms with E-state index in [1.165, 1.54) is 6.07 Å². The Morgan fingerprint density at radius 1 is 1.56 bits per heavy atom. The van der Waals surface area contributed by atoms with Gasteiger partial charge in [0.25, 0.3) is 0 Å². The number of halogens is 1. The summed E-state index contributed by atoms with van der Waals surface area (Å²) in [7, 11) is 0. The molecule has 1 heterocycles. The monoisotopic (exact) mass is 240 g/mol. The van der Waals surface area contributed by atoms with Crippen LogP contribution in [0.2, 0.25) is 5.15 Å². The van der Waals surface area contributed by atoms with E-state index >= 15 is 0 Å². The molecule has 0 aliphatic heterocycles. The van der Waals surface area contributed by atoms with Gasteiger partial charge in [0.05, 0.1) is 0 Å². The van der Waals surface area contributed by atoms with Gasteiger partial charge >= 0.3 is 0 Å². The SMILES string of the molecule is C#CC(C)Oc1cc(Cl)nc(COCC)n1. The second-order valence-electron chi connectivity index (χ2n) is 3.01. The first-order valence-corrected chi connectivity index (χ1v) is 5.27. The van der Waals surface area contributed by atoms with Gasteiger partial charge < -0.3 is 9.47 Å². The minimum Gasteiger partial charge on any atom is -0.461 e. The van der Waals surface area contributed by atoms with Crippen LogP contribution in [0.15, 0.2) is 6.07 Å². The van der Waals surface area contributed by atoms with Crippen molar-refractivity contribution in [3.8, 4) is 18.2 Å². The number of nitrogens with zero attached hydrogens (tertiary/aromatic N) is 2. The van der Waals surface area contributed by atoms with Gasteiger partial charge in [0, 0.05) is 12.7 Å². The van der Waals surface area contributed by atoms with E-state index in [0.717, 1.165) is 0 Å². The summed E-state index contributed by atoms with van der Waals surface area (Å²) < 4.78 is 10.5. The highest BCUT2D eigenvalue weighted by atomic mass is 35.5. The molecule has 4 nitrogen and oxygen atoms in total. The second kappa shape index (κ2) is 6.31. The zero-order valence-electron chi connectivity index (χ0n) is 9.24. The maximum atomic E-state index is 5.82. The van der Waals surface area contributed by atoms with Crippen molar-refractivity contribution >= 4 is 11.6 Å². The lowest BCUT2D eigenvalue weighted by atomic mass is 10.4. The van der Waals surface area contributed by atoms with Gasteiger partial charge in [-0.25, -0.2) is 4.98 Å². The number of ether oxygens (including phenoxy) is 2. The third-order valence-electron chi connectivity index (χ3n) is 1.69. The van der Waals surface area contributed by atoms with E-state index in [2.05, 4.69) is 15.9 Å². The number of hydrogen-bond acceptors (Lipinski definition) is 4. The summed E-state index contributed by atoms with van der Waals surface area (Å²) in [6.07, 6.45) is 4.84. The highest BCUT2D eigenvalue weighted by Crippen LogP contribution is 2.15. The molecule has 1 rings (SSSR count). The third kappa shape index (κ3) is 4.05. The summed E-state index contributed by atoms with van der Waals surface area (Å²) in [4.78, 5) is 8.12. The first kappa shape index (κ1) is 12.8. The Morgan fingerprint density at radius 3 is 2.94 bits per heavy atom. The summed E-state index contributed by atoms with van der Waals surface area (Å²) in [5.41, 5.74) is 0. The van der Waals surface area contributed by atoms with E-state index in [0.29, 0.717) is 30.1 Å². The van der Waals surface area contributed by atoms with Crippen LogP contribution in [-0.4, -0.2) is 22.7 Å². The first-order valence-electron chi connectivity index (χ1n) is 4.89. The summed E-state index contributed by atoms with van der Waals surface area (Å²) >= 11 is 5.82. The average Bonchev–Trinajstić information content (AvgIpc) is 2.25. The molecule has 0 N–H and O–H groups in total. The highest BCUT2D eigenvalue weighted by molar-refractivity contribution is 6.29. The molecule has 0 aliphatic carbocycles. The van der Waals surface area contributed by atoms with Crippen molar-refractivity contribution in [1.29, 1.82) is 0 Å². The molecule has 0 spiro atoms. The summed E-state index contributed by atoms with van der Waals surface area (Å²) in [6.45, 7) is 4.53. The number of terminal acetylenes is 1. The molecular weight excluding hydrogens is 228 g/mol. The van der Waals surface area contributed by atoms with Crippen LogP contribution in [0.3, 0.4) is 0 Å². The van der Waals surface area contributed by atoms with Gasteiger partial charge in [0.15, 0.2) is 11.9 Å². The van der Waals surface area contributed by atoms with Gasteiger partial charge in [-0.1, -0.05) is 17.5 Å². The smallest absolute Gasteiger partial charge is 0.219 e. The van der Waals surface area contributed by atoms with Crippen LogP contribution in [0.25, 0.3) is 0 Å². The van der Waals surface area contributed by atoms with Crippen molar-refractivity contribution in [2.24, 2.45) is 0 Å². The fourth-order valence-electron chi connectivity index (χ4n) is 0.975. The minimum atomic E-state index is -0.356. The van der Waals surface area contributed by atoms with Crippen molar-refractivity contribution in [2.75, 3.05) is 6.61 Å². The Labute approximate surface area is 100.0 Å². The van der Waals surface area contributed by atoms with Crippen LogP contribution in [-0.2, 0) is 11.3 Å². The van der Waals surface area contributed by atoms with Crippen LogP contribution in [0.1, 0.15) is 19.7 Å². The van der Waals surface area contributed by atoms with Crippen LogP contribution in [0, 0.1) is 12.3 Å². The lowest BCUT2D eigenvalue weighted by Gasteiger charge is -2.09. The fourth-order valence-corrected chi connectivity index (χ4v) is 1.17. The van der Waals surface area contributed by atoms with Gasteiger partial charge in [-0.15, -0.1) is 6.42 Å². The van der Waals surface area contributed by atoms with E-state index in [9.17, 15) is 0 Å². The lowest BCUT2D eigenvalue weighted by molar-refractivity contribution is 0.127. The van der Waals surface area contributed by atoms with Crippen LogP contribution < -0.4 is 4.74 Å². The van der Waals surface area contributed by atoms with Crippen LogP contribution >= 0.6 is 11.6 Å². The summed E-state index contributed by atoms with van der Waals surface area (Å²) in [5.74, 6) is 3.28. The van der Waals surface area contributed by atoms with Gasteiger partial charge in [-0.2, -0.15) is 4.98 Å². The molecule has 5 heteroatoms. The summed E-state index contributed by atoms with van der Waals surface area (Å²) in [6, 6.07) is 1.52. The Morgan fingerprint density at radius 2 is 2.31 bits per heavy atom. The molecule has 0 saturated carbocycles. The molecular formula is C11H13ClN2O2. The number of rotatable bonds is 5. The Balaban J connectivity index is 2.77. The van der Waals surface area contributed by atoms with E-state index < -0.39 is 0 Å². The Kier molecular flexibility index (Phi) is 5.03. The molecule has 1 aromatic rings. The predicted octanol–water partition coefficient (Wildman–Crippen LogP) is 2.07. The van der Waals surface area contributed by atoms with Crippen LogP contribution in [0.5, 0.6) is 5.88 Å². The lowest BCUT2D eigenvalue weighted by Crippen LogP contribution is -2.11. The van der Waals surface area contributed by atoms with E-state index in [-0.39, 0.29) is 6.10 Å². The topological polar surface area (TPSA) is 44.2 Å². The maximum Gasteiger partial charge on any atom is 0.219 e. The molecule has 1 aromatic heterocycles. The predicted molar refractivity (Wildman–Crippen MR) is 61.3 cm³/mol. The quantitative estimate of drug-likeness (QED) is 0.584. The van der Waals surface area contributed by atoms with Gasteiger partial charge in [0.1, 0.15) is 11.8 Å². The fraction of sp³-hybridized carbons (Fsp3) is 0.455. The third-order valence-corrected chi connectivity index (χ3v) is 1.88. The molecule has 1 atom stereocenters. The molecule has 0 aliphatic rings. The molecule has 16 heavy (non-hydrogen) atoms. The largest absolute Gasteiger partial charge is 0.461 e. The maximum absolute atomic E-state index is 5.82. The zero-order chi connectivity index (χ0) is 12.0.